The van der Waals surface area contributed by atoms with E-state index >= 15 is 0 Å². The molecule has 0 unspecified atom stereocenters. The van der Waals surface area contributed by atoms with Gasteiger partial charge in [0.15, 0.2) is 5.79 Å². The lowest BCUT2D eigenvalue weighted by Gasteiger charge is -2.21. The van der Waals surface area contributed by atoms with E-state index in [-0.39, 0.29) is 24.7 Å². The minimum absolute atomic E-state index is 0.0489. The lowest BCUT2D eigenvalue weighted by molar-refractivity contribution is -0.167. The Hall–Kier alpha value is -0.160. The van der Waals surface area contributed by atoms with Gasteiger partial charge in [-0.1, -0.05) is 0 Å². The molecule has 0 bridgehead atoms. The molecule has 1 saturated carbocycles. The molecule has 14 heavy (non-hydrogen) atoms. The summed E-state index contributed by atoms with van der Waals surface area (Å²) in [6.07, 6.45) is 0.649. The van der Waals surface area contributed by atoms with Crippen LogP contribution in [0.2, 0.25) is 0 Å². The summed E-state index contributed by atoms with van der Waals surface area (Å²) in [4.78, 5) is 0. The fourth-order valence-corrected chi connectivity index (χ4v) is 2.51. The number of rotatable bonds is 2. The van der Waals surface area contributed by atoms with Crippen molar-refractivity contribution in [1.82, 2.24) is 0 Å². The maximum atomic E-state index is 9.74. The molecule has 1 heterocycles. The summed E-state index contributed by atoms with van der Waals surface area (Å²) in [5, 5.41) is 18.6. The first-order valence-corrected chi connectivity index (χ1v) is 5.18. The number of hydrogen-bond acceptors (Lipinski definition) is 4. The average molecular weight is 202 g/mol. The van der Waals surface area contributed by atoms with Gasteiger partial charge in [0, 0.05) is 6.61 Å². The van der Waals surface area contributed by atoms with Crippen LogP contribution in [0.25, 0.3) is 0 Å². The molecule has 82 valence electrons. The van der Waals surface area contributed by atoms with Crippen molar-refractivity contribution in [3.8, 4) is 0 Å². The second-order valence-electron chi connectivity index (χ2n) is 4.64. The summed E-state index contributed by atoms with van der Waals surface area (Å²) in [6, 6.07) is 0. The van der Waals surface area contributed by atoms with E-state index in [1.165, 1.54) is 0 Å². The number of aliphatic hydroxyl groups excluding tert-OH is 2. The molecule has 1 aliphatic heterocycles. The zero-order valence-electron chi connectivity index (χ0n) is 8.64. The zero-order chi connectivity index (χ0) is 10.3. The highest BCUT2D eigenvalue weighted by Gasteiger charge is 2.53. The van der Waals surface area contributed by atoms with Gasteiger partial charge in [0.25, 0.3) is 0 Å². The van der Waals surface area contributed by atoms with E-state index in [1.807, 2.05) is 13.8 Å². The van der Waals surface area contributed by atoms with Crippen molar-refractivity contribution in [2.45, 2.75) is 50.8 Å². The lowest BCUT2D eigenvalue weighted by atomic mass is 10.0. The maximum Gasteiger partial charge on any atom is 0.163 e. The van der Waals surface area contributed by atoms with Crippen molar-refractivity contribution in [2.24, 2.45) is 5.92 Å². The van der Waals surface area contributed by atoms with Crippen molar-refractivity contribution in [3.05, 3.63) is 0 Å². The Morgan fingerprint density at radius 3 is 2.57 bits per heavy atom. The smallest absolute Gasteiger partial charge is 0.163 e. The van der Waals surface area contributed by atoms with Crippen molar-refractivity contribution >= 4 is 0 Å². The molecule has 0 aromatic heterocycles. The predicted molar refractivity (Wildman–Crippen MR) is 49.6 cm³/mol. The number of ether oxygens (including phenoxy) is 2. The third-order valence-corrected chi connectivity index (χ3v) is 3.05. The van der Waals surface area contributed by atoms with Crippen LogP contribution in [0.15, 0.2) is 0 Å². The first-order valence-electron chi connectivity index (χ1n) is 5.18. The summed E-state index contributed by atoms with van der Waals surface area (Å²) in [5.41, 5.74) is 0. The summed E-state index contributed by atoms with van der Waals surface area (Å²) >= 11 is 0. The van der Waals surface area contributed by atoms with Crippen LogP contribution >= 0.6 is 0 Å². The Labute approximate surface area is 83.8 Å². The first kappa shape index (κ1) is 10.4. The van der Waals surface area contributed by atoms with Gasteiger partial charge < -0.3 is 19.7 Å². The fraction of sp³-hybridized carbons (Fsp3) is 1.00. The summed E-state index contributed by atoms with van der Waals surface area (Å²) in [6.45, 7) is 3.85. The van der Waals surface area contributed by atoms with Crippen molar-refractivity contribution < 1.29 is 19.7 Å². The van der Waals surface area contributed by atoms with Gasteiger partial charge in [0.1, 0.15) is 6.10 Å². The molecule has 0 aromatic carbocycles. The Morgan fingerprint density at radius 1 is 1.29 bits per heavy atom. The minimum Gasteiger partial charge on any atom is -0.396 e. The maximum absolute atomic E-state index is 9.74. The van der Waals surface area contributed by atoms with Crippen LogP contribution in [-0.2, 0) is 9.47 Å². The predicted octanol–water partition coefficient (Wildman–Crippen LogP) is 0.270. The molecule has 2 N–H and O–H groups in total. The van der Waals surface area contributed by atoms with Gasteiger partial charge in [0.2, 0.25) is 0 Å². The Kier molecular flexibility index (Phi) is 2.55. The number of fused-ring (bicyclic) bond motifs is 1. The minimum atomic E-state index is -0.593. The highest BCUT2D eigenvalue weighted by atomic mass is 16.8. The van der Waals surface area contributed by atoms with Crippen LogP contribution in [0.5, 0.6) is 0 Å². The van der Waals surface area contributed by atoms with Crippen LogP contribution in [0.4, 0.5) is 0 Å². The molecule has 4 heteroatoms. The molecule has 4 nitrogen and oxygen atoms in total. The van der Waals surface area contributed by atoms with Crippen LogP contribution in [0.1, 0.15) is 26.7 Å². The SMILES string of the molecule is CC1(C)O[C@H]2[C@H](CCO)C[C@@H](O)[C@H]2O1. The Bertz CT molecular complexity index is 216. The fourth-order valence-electron chi connectivity index (χ4n) is 2.51. The van der Waals surface area contributed by atoms with Crippen LogP contribution in [0, 0.1) is 5.92 Å². The first-order chi connectivity index (χ1) is 6.53. The van der Waals surface area contributed by atoms with Gasteiger partial charge in [-0.3, -0.25) is 0 Å². The molecular weight excluding hydrogens is 184 g/mol. The van der Waals surface area contributed by atoms with Crippen molar-refractivity contribution in [3.63, 3.8) is 0 Å². The van der Waals surface area contributed by atoms with Crippen molar-refractivity contribution in [1.29, 1.82) is 0 Å². The van der Waals surface area contributed by atoms with Gasteiger partial charge in [0.05, 0.1) is 12.2 Å². The van der Waals surface area contributed by atoms with E-state index in [9.17, 15) is 5.11 Å². The largest absolute Gasteiger partial charge is 0.396 e. The molecule has 0 amide bonds. The number of hydrogen-bond donors (Lipinski definition) is 2. The Balaban J connectivity index is 2.07. The summed E-state index contributed by atoms with van der Waals surface area (Å²) in [5.74, 6) is -0.369. The molecule has 2 rings (SSSR count). The van der Waals surface area contributed by atoms with E-state index in [4.69, 9.17) is 14.6 Å². The van der Waals surface area contributed by atoms with Gasteiger partial charge in [-0.15, -0.1) is 0 Å². The lowest BCUT2D eigenvalue weighted by Crippen LogP contribution is -2.28. The topological polar surface area (TPSA) is 58.9 Å². The highest BCUT2D eigenvalue weighted by molar-refractivity contribution is 4.98. The van der Waals surface area contributed by atoms with Gasteiger partial charge >= 0.3 is 0 Å². The van der Waals surface area contributed by atoms with E-state index in [0.717, 1.165) is 0 Å². The van der Waals surface area contributed by atoms with Crippen LogP contribution < -0.4 is 0 Å². The summed E-state index contributed by atoms with van der Waals surface area (Å²) in [7, 11) is 0. The molecule has 0 spiro atoms. The van der Waals surface area contributed by atoms with Crippen molar-refractivity contribution in [2.75, 3.05) is 6.61 Å². The van der Waals surface area contributed by atoms with E-state index in [2.05, 4.69) is 0 Å². The third-order valence-electron chi connectivity index (χ3n) is 3.05. The van der Waals surface area contributed by atoms with E-state index < -0.39 is 11.9 Å². The molecule has 1 saturated heterocycles. The van der Waals surface area contributed by atoms with Gasteiger partial charge in [-0.25, -0.2) is 0 Å². The van der Waals surface area contributed by atoms with Gasteiger partial charge in [-0.2, -0.15) is 0 Å². The molecule has 0 radical (unpaired) electrons. The molecule has 4 atom stereocenters. The molecule has 1 aliphatic carbocycles. The molecule has 2 fully saturated rings. The molecular formula is C10H18O4. The quantitative estimate of drug-likeness (QED) is 0.675. The molecule has 2 aliphatic rings. The normalized spacial score (nSPS) is 45.4. The second-order valence-corrected chi connectivity index (χ2v) is 4.64. The third kappa shape index (κ3) is 1.67. The van der Waals surface area contributed by atoms with E-state index in [1.54, 1.807) is 0 Å². The Morgan fingerprint density at radius 2 is 1.93 bits per heavy atom. The van der Waals surface area contributed by atoms with Crippen LogP contribution in [-0.4, -0.2) is 40.9 Å². The summed E-state index contributed by atoms with van der Waals surface area (Å²) < 4.78 is 11.3. The average Bonchev–Trinajstić information content (AvgIpc) is 2.51. The molecule has 0 aromatic rings. The van der Waals surface area contributed by atoms with E-state index in [0.29, 0.717) is 12.8 Å². The van der Waals surface area contributed by atoms with Crippen LogP contribution in [0.3, 0.4) is 0 Å². The number of aliphatic hydroxyl groups is 2. The highest BCUT2D eigenvalue weighted by Crippen LogP contribution is 2.42. The zero-order valence-corrected chi connectivity index (χ0v) is 8.64. The standard InChI is InChI=1S/C10H18O4/c1-10(2)13-8-6(3-4-11)5-7(12)9(8)14-10/h6-9,11-12H,3-5H2,1-2H3/t6-,7-,8+,9-/m1/s1. The second kappa shape index (κ2) is 3.45. The monoisotopic (exact) mass is 202 g/mol. The van der Waals surface area contributed by atoms with Gasteiger partial charge in [-0.05, 0) is 32.6 Å².